The fourth-order valence-corrected chi connectivity index (χ4v) is 5.07. The van der Waals surface area contributed by atoms with Crippen LogP contribution in [0.2, 0.25) is 0 Å². The zero-order valence-electron chi connectivity index (χ0n) is 21.0. The van der Waals surface area contributed by atoms with Crippen LogP contribution in [-0.4, -0.2) is 31.0 Å². The van der Waals surface area contributed by atoms with Crippen LogP contribution in [0.25, 0.3) is 0 Å². The lowest BCUT2D eigenvalue weighted by molar-refractivity contribution is -0.126. The lowest BCUT2D eigenvalue weighted by Crippen LogP contribution is -2.37. The summed E-state index contributed by atoms with van der Waals surface area (Å²) >= 11 is 0. The summed E-state index contributed by atoms with van der Waals surface area (Å²) in [4.78, 5) is 47.3. The first-order chi connectivity index (χ1) is 19.1. The van der Waals surface area contributed by atoms with Gasteiger partial charge < -0.3 is 9.47 Å². The molecule has 2 amide bonds. The number of ether oxygens (including phenoxy) is 2. The summed E-state index contributed by atoms with van der Waals surface area (Å²) in [6.45, 7) is 0. The van der Waals surface area contributed by atoms with E-state index >= 15 is 0 Å². The number of benzene rings is 4. The minimum Gasteiger partial charge on any atom is -0.493 e. The maximum absolute atomic E-state index is 13.8. The normalized spacial score (nSPS) is 20.2. The molecule has 0 bridgehead atoms. The van der Waals surface area contributed by atoms with Crippen LogP contribution >= 0.6 is 0 Å². The minimum atomic E-state index is -0.996. The predicted octanol–water partition coefficient (Wildman–Crippen LogP) is 4.97. The van der Waals surface area contributed by atoms with Gasteiger partial charge in [0.1, 0.15) is 5.92 Å². The molecule has 8 nitrogen and oxygen atoms in total. The van der Waals surface area contributed by atoms with Gasteiger partial charge in [0, 0.05) is 0 Å². The Morgan fingerprint density at radius 1 is 0.744 bits per heavy atom. The van der Waals surface area contributed by atoms with Gasteiger partial charge in [0.15, 0.2) is 17.6 Å². The molecular weight excluding hydrogens is 496 g/mol. The number of imide groups is 1. The third-order valence-corrected chi connectivity index (χ3v) is 6.88. The van der Waals surface area contributed by atoms with Crippen LogP contribution in [0.15, 0.2) is 109 Å². The number of esters is 1. The second-order valence-corrected chi connectivity index (χ2v) is 9.17. The van der Waals surface area contributed by atoms with Gasteiger partial charge in [-0.25, -0.2) is 14.8 Å². The summed E-state index contributed by atoms with van der Waals surface area (Å²) in [7, 11) is 1.48. The lowest BCUT2D eigenvalue weighted by Gasteiger charge is -2.29. The zero-order valence-corrected chi connectivity index (χ0v) is 21.0. The van der Waals surface area contributed by atoms with E-state index in [0.717, 1.165) is 0 Å². The number of hydrogen-bond acceptors (Lipinski definition) is 7. The average Bonchev–Trinajstić information content (AvgIpc) is 3.50. The smallest absolute Gasteiger partial charge is 0.343 e. The highest BCUT2D eigenvalue weighted by molar-refractivity contribution is 6.23. The fraction of sp³-hybridized carbons (Fsp3) is 0.129. The van der Waals surface area contributed by atoms with E-state index < -0.39 is 29.9 Å². The molecule has 6 rings (SSSR count). The van der Waals surface area contributed by atoms with Crippen LogP contribution in [-0.2, 0) is 14.4 Å². The Kier molecular flexibility index (Phi) is 6.30. The second kappa shape index (κ2) is 10.1. The maximum atomic E-state index is 13.8. The first kappa shape index (κ1) is 24.4. The largest absolute Gasteiger partial charge is 0.493 e. The van der Waals surface area contributed by atoms with E-state index in [1.165, 1.54) is 12.0 Å². The van der Waals surface area contributed by atoms with E-state index in [1.54, 1.807) is 71.8 Å². The molecule has 0 N–H and O–H groups in total. The maximum Gasteiger partial charge on any atom is 0.343 e. The van der Waals surface area contributed by atoms with Crippen LogP contribution in [0.1, 0.15) is 22.0 Å². The number of carbonyl (C=O) groups excluding carboxylic acids is 3. The quantitative estimate of drug-likeness (QED) is 0.202. The summed E-state index contributed by atoms with van der Waals surface area (Å²) < 4.78 is 11.2. The molecule has 2 heterocycles. The van der Waals surface area contributed by atoms with Crippen molar-refractivity contribution in [1.82, 2.24) is 0 Å². The third kappa shape index (κ3) is 4.30. The van der Waals surface area contributed by atoms with Crippen molar-refractivity contribution >= 4 is 29.2 Å². The molecule has 0 radical (unpaired) electrons. The first-order valence-electron chi connectivity index (χ1n) is 12.5. The molecule has 8 heteroatoms. The molecule has 2 aliphatic rings. The Bertz CT molecular complexity index is 1530. The number of para-hydroxylation sites is 2. The van der Waals surface area contributed by atoms with Crippen LogP contribution in [0.5, 0.6) is 11.5 Å². The molecular formula is C31H24N2O6. The van der Waals surface area contributed by atoms with E-state index in [9.17, 15) is 14.4 Å². The number of hydrogen-bond donors (Lipinski definition) is 0. The van der Waals surface area contributed by atoms with Crippen LogP contribution < -0.4 is 19.4 Å². The van der Waals surface area contributed by atoms with Crippen LogP contribution in [0.4, 0.5) is 11.4 Å². The van der Waals surface area contributed by atoms with Gasteiger partial charge in [0.2, 0.25) is 5.91 Å². The standard InChI is InChI=1S/C31H24N2O6/c1-37-25-19-21(17-18-24(25)38-31(36)20-11-5-2-6-12-20)27-26-28(39-33(27)23-15-9-4-10-16-23)30(35)32(29(26)34)22-13-7-3-8-14-22/h2-19,26-28H,1H3/t26-,27-,28-/m0/s1. The first-order valence-corrected chi connectivity index (χ1v) is 12.5. The summed E-state index contributed by atoms with van der Waals surface area (Å²) in [5.41, 5.74) is 2.26. The zero-order chi connectivity index (χ0) is 26.9. The molecule has 39 heavy (non-hydrogen) atoms. The molecule has 4 aromatic rings. The number of carbonyl (C=O) groups is 3. The van der Waals surface area contributed by atoms with Gasteiger partial charge in [0.25, 0.3) is 5.91 Å². The van der Waals surface area contributed by atoms with Gasteiger partial charge in [-0.3, -0.25) is 14.4 Å². The number of methoxy groups -OCH3 is 1. The molecule has 0 saturated carbocycles. The topological polar surface area (TPSA) is 85.4 Å². The molecule has 194 valence electrons. The second-order valence-electron chi connectivity index (χ2n) is 9.17. The summed E-state index contributed by atoms with van der Waals surface area (Å²) in [6, 6.07) is 31.2. The van der Waals surface area contributed by atoms with Crippen LogP contribution in [0, 0.1) is 5.92 Å². The molecule has 0 aliphatic carbocycles. The van der Waals surface area contributed by atoms with E-state index in [-0.39, 0.29) is 11.7 Å². The number of hydroxylamine groups is 1. The molecule has 2 fully saturated rings. The van der Waals surface area contributed by atoms with Crippen molar-refractivity contribution in [1.29, 1.82) is 0 Å². The predicted molar refractivity (Wildman–Crippen MR) is 143 cm³/mol. The Morgan fingerprint density at radius 3 is 2.00 bits per heavy atom. The Hall–Kier alpha value is -4.95. The molecule has 0 spiro atoms. The van der Waals surface area contributed by atoms with Gasteiger partial charge in [-0.05, 0) is 54.1 Å². The van der Waals surface area contributed by atoms with Gasteiger partial charge >= 0.3 is 5.97 Å². The Balaban J connectivity index is 1.38. The Morgan fingerprint density at radius 2 is 1.36 bits per heavy atom. The van der Waals surface area contributed by atoms with Crippen molar-refractivity contribution in [3.63, 3.8) is 0 Å². The van der Waals surface area contributed by atoms with Crippen molar-refractivity contribution in [3.8, 4) is 11.5 Å². The highest BCUT2D eigenvalue weighted by Crippen LogP contribution is 2.48. The van der Waals surface area contributed by atoms with E-state index in [0.29, 0.717) is 28.3 Å². The number of fused-ring (bicyclic) bond motifs is 1. The van der Waals surface area contributed by atoms with Crippen molar-refractivity contribution < 1.29 is 28.7 Å². The van der Waals surface area contributed by atoms with Gasteiger partial charge in [-0.1, -0.05) is 60.7 Å². The minimum absolute atomic E-state index is 0.233. The Labute approximate surface area is 224 Å². The summed E-state index contributed by atoms with van der Waals surface area (Å²) in [6.07, 6.45) is -0.996. The number of amides is 2. The summed E-state index contributed by atoms with van der Waals surface area (Å²) in [5, 5.41) is 1.61. The highest BCUT2D eigenvalue weighted by atomic mass is 16.7. The van der Waals surface area contributed by atoms with Crippen LogP contribution in [0.3, 0.4) is 0 Å². The number of rotatable bonds is 6. The third-order valence-electron chi connectivity index (χ3n) is 6.88. The molecule has 0 unspecified atom stereocenters. The number of anilines is 2. The average molecular weight is 521 g/mol. The van der Waals surface area contributed by atoms with Crippen molar-refractivity contribution in [3.05, 3.63) is 120 Å². The fourth-order valence-electron chi connectivity index (χ4n) is 5.07. The van der Waals surface area contributed by atoms with Gasteiger partial charge in [-0.15, -0.1) is 0 Å². The lowest BCUT2D eigenvalue weighted by atomic mass is 9.90. The van der Waals surface area contributed by atoms with Crippen molar-refractivity contribution in [2.45, 2.75) is 12.1 Å². The van der Waals surface area contributed by atoms with Crippen molar-refractivity contribution in [2.75, 3.05) is 17.1 Å². The summed E-state index contributed by atoms with van der Waals surface area (Å²) in [5.74, 6) is -1.55. The van der Waals surface area contributed by atoms with E-state index in [4.69, 9.17) is 14.3 Å². The van der Waals surface area contributed by atoms with Crippen molar-refractivity contribution in [2.24, 2.45) is 5.92 Å². The molecule has 0 aromatic heterocycles. The highest BCUT2D eigenvalue weighted by Gasteiger charge is 2.60. The molecule has 2 saturated heterocycles. The van der Waals surface area contributed by atoms with Gasteiger partial charge in [-0.2, -0.15) is 0 Å². The molecule has 4 aromatic carbocycles. The van der Waals surface area contributed by atoms with E-state index in [2.05, 4.69) is 0 Å². The molecule has 2 aliphatic heterocycles. The number of nitrogens with zero attached hydrogens (tertiary/aromatic N) is 2. The molecule has 3 atom stereocenters. The van der Waals surface area contributed by atoms with Gasteiger partial charge in [0.05, 0.1) is 30.1 Å². The SMILES string of the molecule is COc1cc([C@H]2[C@@H]3C(=O)N(c4ccccc4)C(=O)[C@H]3ON2c2ccccc2)ccc1OC(=O)c1ccccc1. The monoisotopic (exact) mass is 520 g/mol. The van der Waals surface area contributed by atoms with E-state index in [1.807, 2.05) is 42.5 Å².